The molecule has 2 N–H and O–H groups in total. The second kappa shape index (κ2) is 9.48. The molecule has 8 heteroatoms. The van der Waals surface area contributed by atoms with E-state index in [9.17, 15) is 4.79 Å². The molecule has 2 aromatic heterocycles. The highest BCUT2D eigenvalue weighted by Gasteiger charge is 2.23. The lowest BCUT2D eigenvalue weighted by atomic mass is 9.93. The third-order valence-corrected chi connectivity index (χ3v) is 7.70. The molecule has 1 aliphatic heterocycles. The topological polar surface area (TPSA) is 89.9 Å². The number of rotatable bonds is 6. The SMILES string of the molecule is CCC(=O)N1CCC(CCn2c(Sc3cc(C)c(C)cc3C)nc3c(N)ncnc32)CC1. The van der Waals surface area contributed by atoms with Gasteiger partial charge in [0.2, 0.25) is 5.91 Å². The molecule has 0 unspecified atom stereocenters. The van der Waals surface area contributed by atoms with Crippen molar-refractivity contribution in [3.63, 3.8) is 0 Å². The van der Waals surface area contributed by atoms with Gasteiger partial charge in [-0.15, -0.1) is 0 Å². The molecule has 0 aliphatic carbocycles. The zero-order chi connectivity index (χ0) is 22.8. The summed E-state index contributed by atoms with van der Waals surface area (Å²) in [5.74, 6) is 1.27. The smallest absolute Gasteiger partial charge is 0.222 e. The van der Waals surface area contributed by atoms with Gasteiger partial charge in [-0.2, -0.15) is 0 Å². The molecule has 3 heterocycles. The van der Waals surface area contributed by atoms with E-state index in [1.165, 1.54) is 27.9 Å². The number of nitrogens with zero attached hydrogens (tertiary/aromatic N) is 5. The minimum absolute atomic E-state index is 0.263. The fourth-order valence-electron chi connectivity index (χ4n) is 4.36. The lowest BCUT2D eigenvalue weighted by molar-refractivity contribution is -0.132. The Kier molecular flexibility index (Phi) is 6.69. The number of carbonyl (C=O) groups excluding carboxylic acids is 1. The fourth-order valence-corrected chi connectivity index (χ4v) is 5.44. The minimum atomic E-state index is 0.263. The van der Waals surface area contributed by atoms with Crippen LogP contribution in [0.1, 0.15) is 49.3 Å². The van der Waals surface area contributed by atoms with Gasteiger partial charge in [-0.05, 0) is 68.7 Å². The first-order valence-electron chi connectivity index (χ1n) is 11.4. The Morgan fingerprint density at radius 3 is 2.56 bits per heavy atom. The maximum atomic E-state index is 12.0. The maximum Gasteiger partial charge on any atom is 0.222 e. The van der Waals surface area contributed by atoms with Crippen LogP contribution in [0.4, 0.5) is 5.82 Å². The van der Waals surface area contributed by atoms with E-state index < -0.39 is 0 Å². The zero-order valence-electron chi connectivity index (χ0n) is 19.4. The number of imidazole rings is 1. The Hall–Kier alpha value is -2.61. The highest BCUT2D eigenvalue weighted by molar-refractivity contribution is 7.99. The number of carbonyl (C=O) groups is 1. The first-order valence-corrected chi connectivity index (χ1v) is 12.2. The molecule has 170 valence electrons. The first kappa shape index (κ1) is 22.6. The summed E-state index contributed by atoms with van der Waals surface area (Å²) in [6, 6.07) is 4.46. The standard InChI is InChI=1S/C24H32N6OS/c1-5-20(31)29-9-6-18(7-10-29)8-11-30-23-21(22(25)26-14-27-23)28-24(30)32-19-13-16(3)15(2)12-17(19)4/h12-14,18H,5-11H2,1-4H3,(H2,25,26,27). The van der Waals surface area contributed by atoms with E-state index in [2.05, 4.69) is 47.4 Å². The van der Waals surface area contributed by atoms with E-state index in [1.54, 1.807) is 11.8 Å². The summed E-state index contributed by atoms with van der Waals surface area (Å²) in [5.41, 5.74) is 11.4. The Morgan fingerprint density at radius 1 is 1.12 bits per heavy atom. The second-order valence-electron chi connectivity index (χ2n) is 8.75. The molecule has 0 saturated carbocycles. The number of amides is 1. The fraction of sp³-hybridized carbons (Fsp3) is 0.500. The average molecular weight is 453 g/mol. The van der Waals surface area contributed by atoms with Gasteiger partial charge in [-0.1, -0.05) is 24.8 Å². The van der Waals surface area contributed by atoms with Crippen LogP contribution < -0.4 is 5.73 Å². The van der Waals surface area contributed by atoms with Crippen molar-refractivity contribution in [3.05, 3.63) is 35.2 Å². The monoisotopic (exact) mass is 452 g/mol. The summed E-state index contributed by atoms with van der Waals surface area (Å²) >= 11 is 1.67. The van der Waals surface area contributed by atoms with E-state index in [1.807, 2.05) is 11.8 Å². The number of benzene rings is 1. The highest BCUT2D eigenvalue weighted by Crippen LogP contribution is 2.35. The molecule has 0 spiro atoms. The van der Waals surface area contributed by atoms with Gasteiger partial charge in [0.25, 0.3) is 0 Å². The van der Waals surface area contributed by atoms with E-state index in [-0.39, 0.29) is 5.91 Å². The summed E-state index contributed by atoms with van der Waals surface area (Å²) in [4.78, 5) is 28.7. The summed E-state index contributed by atoms with van der Waals surface area (Å²) < 4.78 is 2.19. The molecule has 32 heavy (non-hydrogen) atoms. The van der Waals surface area contributed by atoms with Gasteiger partial charge in [0.05, 0.1) is 0 Å². The van der Waals surface area contributed by atoms with Gasteiger partial charge in [0.1, 0.15) is 6.33 Å². The molecular weight excluding hydrogens is 420 g/mol. The minimum Gasteiger partial charge on any atom is -0.382 e. The van der Waals surface area contributed by atoms with Crippen molar-refractivity contribution < 1.29 is 4.79 Å². The van der Waals surface area contributed by atoms with Gasteiger partial charge in [-0.25, -0.2) is 15.0 Å². The molecule has 1 fully saturated rings. The molecule has 1 saturated heterocycles. The predicted molar refractivity (Wildman–Crippen MR) is 129 cm³/mol. The number of likely N-dealkylation sites (tertiary alicyclic amines) is 1. The molecule has 0 bridgehead atoms. The Bertz CT molecular complexity index is 1130. The Morgan fingerprint density at radius 2 is 1.84 bits per heavy atom. The molecule has 7 nitrogen and oxygen atoms in total. The summed E-state index contributed by atoms with van der Waals surface area (Å²) in [5, 5.41) is 0.900. The number of hydrogen-bond donors (Lipinski definition) is 1. The molecule has 3 aromatic rings. The lowest BCUT2D eigenvalue weighted by Crippen LogP contribution is -2.38. The normalized spacial score (nSPS) is 14.9. The van der Waals surface area contributed by atoms with Gasteiger partial charge in [0, 0.05) is 31.0 Å². The summed E-state index contributed by atoms with van der Waals surface area (Å²) in [7, 11) is 0. The third-order valence-electron chi connectivity index (χ3n) is 6.55. The van der Waals surface area contributed by atoms with E-state index in [0.717, 1.165) is 49.7 Å². The van der Waals surface area contributed by atoms with Crippen LogP contribution in [-0.2, 0) is 11.3 Å². The summed E-state index contributed by atoms with van der Waals surface area (Å²) in [6.45, 7) is 10.9. The Labute approximate surface area is 193 Å². The number of piperidine rings is 1. The number of aromatic nitrogens is 4. The number of nitrogens with two attached hydrogens (primary N) is 1. The predicted octanol–water partition coefficient (Wildman–Crippen LogP) is 4.52. The van der Waals surface area contributed by atoms with Gasteiger partial charge < -0.3 is 15.2 Å². The highest BCUT2D eigenvalue weighted by atomic mass is 32.2. The first-order chi connectivity index (χ1) is 15.4. The van der Waals surface area contributed by atoms with Crippen LogP contribution in [0.3, 0.4) is 0 Å². The van der Waals surface area contributed by atoms with Gasteiger partial charge in [0.15, 0.2) is 22.1 Å². The quantitative estimate of drug-likeness (QED) is 0.591. The van der Waals surface area contributed by atoms with E-state index in [0.29, 0.717) is 23.7 Å². The molecule has 0 atom stereocenters. The Balaban J connectivity index is 1.56. The molecule has 4 rings (SSSR count). The number of nitrogen functional groups attached to an aromatic ring is 1. The van der Waals surface area contributed by atoms with Crippen LogP contribution >= 0.6 is 11.8 Å². The second-order valence-corrected chi connectivity index (χ2v) is 9.76. The molecule has 0 radical (unpaired) electrons. The van der Waals surface area contributed by atoms with Gasteiger partial charge in [-0.3, -0.25) is 4.79 Å². The van der Waals surface area contributed by atoms with Crippen LogP contribution in [0, 0.1) is 26.7 Å². The molecule has 1 aliphatic rings. The number of hydrogen-bond acceptors (Lipinski definition) is 6. The van der Waals surface area contributed by atoms with Crippen molar-refractivity contribution in [1.29, 1.82) is 0 Å². The number of aryl methyl sites for hydroxylation is 4. The van der Waals surface area contributed by atoms with Crippen molar-refractivity contribution in [2.75, 3.05) is 18.8 Å². The maximum absolute atomic E-state index is 12.0. The number of fused-ring (bicyclic) bond motifs is 1. The third kappa shape index (κ3) is 4.60. The van der Waals surface area contributed by atoms with Crippen LogP contribution in [0.15, 0.2) is 28.5 Å². The van der Waals surface area contributed by atoms with Crippen LogP contribution in [0.5, 0.6) is 0 Å². The number of anilines is 1. The molecule has 1 aromatic carbocycles. The lowest BCUT2D eigenvalue weighted by Gasteiger charge is -2.32. The molecule has 1 amide bonds. The van der Waals surface area contributed by atoms with Crippen LogP contribution in [-0.4, -0.2) is 43.4 Å². The van der Waals surface area contributed by atoms with Crippen molar-refractivity contribution in [2.24, 2.45) is 5.92 Å². The van der Waals surface area contributed by atoms with Crippen LogP contribution in [0.2, 0.25) is 0 Å². The summed E-state index contributed by atoms with van der Waals surface area (Å²) in [6.07, 6.45) is 5.23. The average Bonchev–Trinajstić information content (AvgIpc) is 3.14. The molecular formula is C24H32N6OS. The van der Waals surface area contributed by atoms with Crippen molar-refractivity contribution in [1.82, 2.24) is 24.4 Å². The van der Waals surface area contributed by atoms with E-state index >= 15 is 0 Å². The zero-order valence-corrected chi connectivity index (χ0v) is 20.2. The van der Waals surface area contributed by atoms with Crippen molar-refractivity contribution in [3.8, 4) is 0 Å². The van der Waals surface area contributed by atoms with Crippen molar-refractivity contribution in [2.45, 2.75) is 70.0 Å². The largest absolute Gasteiger partial charge is 0.382 e. The van der Waals surface area contributed by atoms with Crippen molar-refractivity contribution >= 4 is 34.7 Å². The van der Waals surface area contributed by atoms with Gasteiger partial charge >= 0.3 is 0 Å². The van der Waals surface area contributed by atoms with E-state index in [4.69, 9.17) is 10.7 Å². The van der Waals surface area contributed by atoms with Crippen LogP contribution in [0.25, 0.3) is 11.2 Å².